The van der Waals surface area contributed by atoms with Gasteiger partial charge < -0.3 is 19.9 Å². The Morgan fingerprint density at radius 2 is 1.83 bits per heavy atom. The molecule has 9 heteroatoms. The van der Waals surface area contributed by atoms with E-state index in [1.54, 1.807) is 25.1 Å². The number of ether oxygens (including phenoxy) is 3. The minimum atomic E-state index is 0.349. The number of aliphatic imine (C=N–C) groups is 1. The Morgan fingerprint density at radius 3 is 2.47 bits per heavy atom. The molecule has 0 spiro atoms. The summed E-state index contributed by atoms with van der Waals surface area (Å²) in [7, 11) is 5.14. The summed E-state index contributed by atoms with van der Waals surface area (Å²) in [6, 6.07) is 13.5. The van der Waals surface area contributed by atoms with E-state index in [0.717, 1.165) is 28.0 Å². The molecule has 2 aromatic carbocycles. The smallest absolute Gasteiger partial charge is 0.202 e. The zero-order chi connectivity index (χ0) is 25.7. The summed E-state index contributed by atoms with van der Waals surface area (Å²) in [6.07, 6.45) is 5.68. The molecule has 0 saturated heterocycles. The second-order valence-corrected chi connectivity index (χ2v) is 8.28. The number of allylic oxidation sites excluding steroid dienone is 1. The van der Waals surface area contributed by atoms with Gasteiger partial charge in [-0.25, -0.2) is 9.98 Å². The van der Waals surface area contributed by atoms with E-state index in [4.69, 9.17) is 19.9 Å². The van der Waals surface area contributed by atoms with Crippen molar-refractivity contribution in [3.8, 4) is 17.2 Å². The van der Waals surface area contributed by atoms with Crippen LogP contribution in [0.1, 0.15) is 29.3 Å². The molecule has 2 aromatic heterocycles. The first-order valence-electron chi connectivity index (χ1n) is 11.3. The standard InChI is InChI=1S/C27H30N6O3/c1-18(21-14-30-32(3)16-21)12-23-26(29-2)33(27(28)31-23)15-20-8-11-24(25(13-20)35-5)36-17-19-6-9-22(34-4)10-7-19/h6-14,16H,2,15,17H2,1,3-5H3,(H2,28,31)/b18-12+. The molecule has 0 fully saturated rings. The van der Waals surface area contributed by atoms with Crippen LogP contribution in [0.4, 0.5) is 11.8 Å². The topological polar surface area (TPSA) is 102 Å². The molecular formula is C27H30N6O3. The second kappa shape index (κ2) is 10.8. The van der Waals surface area contributed by atoms with Gasteiger partial charge in [0.25, 0.3) is 0 Å². The summed E-state index contributed by atoms with van der Waals surface area (Å²) in [4.78, 5) is 8.74. The normalized spacial score (nSPS) is 11.4. The van der Waals surface area contributed by atoms with Crippen LogP contribution in [-0.2, 0) is 20.2 Å². The first-order valence-corrected chi connectivity index (χ1v) is 11.3. The molecule has 4 rings (SSSR count). The van der Waals surface area contributed by atoms with Crippen molar-refractivity contribution in [3.05, 3.63) is 77.2 Å². The number of nitrogen functional groups attached to an aromatic ring is 1. The number of nitrogens with zero attached hydrogens (tertiary/aromatic N) is 5. The maximum Gasteiger partial charge on any atom is 0.202 e. The fourth-order valence-corrected chi connectivity index (χ4v) is 3.81. The van der Waals surface area contributed by atoms with Crippen molar-refractivity contribution < 1.29 is 14.2 Å². The molecule has 0 aliphatic rings. The molecule has 186 valence electrons. The van der Waals surface area contributed by atoms with E-state index in [9.17, 15) is 0 Å². The fraction of sp³-hybridized carbons (Fsp3) is 0.222. The van der Waals surface area contributed by atoms with E-state index in [1.807, 2.05) is 73.3 Å². The van der Waals surface area contributed by atoms with Crippen LogP contribution in [0.3, 0.4) is 0 Å². The minimum Gasteiger partial charge on any atom is -0.497 e. The number of aromatic nitrogens is 4. The summed E-state index contributed by atoms with van der Waals surface area (Å²) < 4.78 is 20.4. The van der Waals surface area contributed by atoms with E-state index in [1.165, 1.54) is 0 Å². The quantitative estimate of drug-likeness (QED) is 0.325. The number of aryl methyl sites for hydroxylation is 1. The summed E-state index contributed by atoms with van der Waals surface area (Å²) >= 11 is 0. The molecule has 0 atom stereocenters. The molecule has 4 aromatic rings. The number of nitrogens with two attached hydrogens (primary N) is 1. The van der Waals surface area contributed by atoms with Gasteiger partial charge in [0.1, 0.15) is 18.1 Å². The van der Waals surface area contributed by atoms with Gasteiger partial charge in [-0.05, 0) is 60.7 Å². The molecule has 0 unspecified atom stereocenters. The first-order chi connectivity index (χ1) is 17.4. The van der Waals surface area contributed by atoms with E-state index in [0.29, 0.717) is 42.1 Å². The van der Waals surface area contributed by atoms with Gasteiger partial charge in [0.15, 0.2) is 17.3 Å². The Bertz CT molecular complexity index is 1390. The Kier molecular flexibility index (Phi) is 7.39. The zero-order valence-electron chi connectivity index (χ0n) is 20.9. The minimum absolute atomic E-state index is 0.349. The molecule has 0 bridgehead atoms. The van der Waals surface area contributed by atoms with E-state index in [-0.39, 0.29) is 0 Å². The number of methoxy groups -OCH3 is 2. The van der Waals surface area contributed by atoms with Crippen LogP contribution in [0.2, 0.25) is 0 Å². The summed E-state index contributed by atoms with van der Waals surface area (Å²) in [5.41, 5.74) is 10.9. The van der Waals surface area contributed by atoms with Crippen molar-refractivity contribution in [2.24, 2.45) is 12.0 Å². The highest BCUT2D eigenvalue weighted by Crippen LogP contribution is 2.32. The second-order valence-electron chi connectivity index (χ2n) is 8.28. The Hall–Kier alpha value is -4.53. The third kappa shape index (κ3) is 5.41. The van der Waals surface area contributed by atoms with Crippen molar-refractivity contribution in [1.29, 1.82) is 0 Å². The van der Waals surface area contributed by atoms with Gasteiger partial charge in [-0.15, -0.1) is 0 Å². The van der Waals surface area contributed by atoms with Crippen LogP contribution < -0.4 is 19.9 Å². The van der Waals surface area contributed by atoms with E-state index < -0.39 is 0 Å². The van der Waals surface area contributed by atoms with Gasteiger partial charge in [0.2, 0.25) is 5.95 Å². The lowest BCUT2D eigenvalue weighted by Crippen LogP contribution is -2.05. The number of benzene rings is 2. The van der Waals surface area contributed by atoms with Gasteiger partial charge >= 0.3 is 0 Å². The van der Waals surface area contributed by atoms with Crippen LogP contribution >= 0.6 is 0 Å². The van der Waals surface area contributed by atoms with Crippen LogP contribution in [-0.4, -0.2) is 40.3 Å². The van der Waals surface area contributed by atoms with Crippen LogP contribution in [0.25, 0.3) is 11.6 Å². The largest absolute Gasteiger partial charge is 0.497 e. The summed E-state index contributed by atoms with van der Waals surface area (Å²) in [6.45, 7) is 6.59. The molecule has 0 saturated carbocycles. The Labute approximate surface area is 210 Å². The molecule has 0 aliphatic carbocycles. The lowest BCUT2D eigenvalue weighted by Gasteiger charge is -2.14. The van der Waals surface area contributed by atoms with E-state index >= 15 is 0 Å². The molecule has 2 N–H and O–H groups in total. The highest BCUT2D eigenvalue weighted by Gasteiger charge is 2.15. The predicted molar refractivity (Wildman–Crippen MR) is 142 cm³/mol. The first kappa shape index (κ1) is 24.6. The van der Waals surface area contributed by atoms with Gasteiger partial charge in [0, 0.05) is 18.8 Å². The molecule has 0 amide bonds. The maximum atomic E-state index is 6.27. The number of hydrogen-bond acceptors (Lipinski definition) is 7. The SMILES string of the molecule is C=Nc1c(/C=C(\C)c2cnn(C)c2)nc(N)n1Cc1ccc(OCc2ccc(OC)cc2)c(OC)c1. The number of anilines is 1. The van der Waals surface area contributed by atoms with Crippen LogP contribution in [0.15, 0.2) is 59.9 Å². The van der Waals surface area contributed by atoms with Crippen molar-refractivity contribution in [3.63, 3.8) is 0 Å². The maximum absolute atomic E-state index is 6.27. The molecular weight excluding hydrogens is 456 g/mol. The van der Waals surface area contributed by atoms with Crippen molar-refractivity contribution in [2.45, 2.75) is 20.1 Å². The van der Waals surface area contributed by atoms with Gasteiger partial charge in [0.05, 0.1) is 27.0 Å². The van der Waals surface area contributed by atoms with Crippen LogP contribution in [0.5, 0.6) is 17.2 Å². The Balaban J connectivity index is 1.53. The third-order valence-electron chi connectivity index (χ3n) is 5.78. The molecule has 0 aliphatic heterocycles. The van der Waals surface area contributed by atoms with Crippen molar-refractivity contribution >= 4 is 30.1 Å². The van der Waals surface area contributed by atoms with Crippen molar-refractivity contribution in [1.82, 2.24) is 19.3 Å². The highest BCUT2D eigenvalue weighted by molar-refractivity contribution is 5.82. The Morgan fingerprint density at radius 1 is 1.08 bits per heavy atom. The third-order valence-corrected chi connectivity index (χ3v) is 5.78. The summed E-state index contributed by atoms with van der Waals surface area (Å²) in [5, 5.41) is 4.22. The monoisotopic (exact) mass is 486 g/mol. The zero-order valence-corrected chi connectivity index (χ0v) is 20.9. The lowest BCUT2D eigenvalue weighted by molar-refractivity contribution is 0.284. The molecule has 2 heterocycles. The fourth-order valence-electron chi connectivity index (χ4n) is 3.81. The average Bonchev–Trinajstić information content (AvgIpc) is 3.45. The van der Waals surface area contributed by atoms with Crippen LogP contribution in [0, 0.1) is 0 Å². The number of imidazole rings is 1. The summed E-state index contributed by atoms with van der Waals surface area (Å²) in [5.74, 6) is 3.02. The van der Waals surface area contributed by atoms with Crippen molar-refractivity contribution in [2.75, 3.05) is 20.0 Å². The van der Waals surface area contributed by atoms with E-state index in [2.05, 4.69) is 21.8 Å². The molecule has 9 nitrogen and oxygen atoms in total. The number of rotatable bonds is 10. The predicted octanol–water partition coefficient (Wildman–Crippen LogP) is 4.74. The average molecular weight is 487 g/mol. The highest BCUT2D eigenvalue weighted by atomic mass is 16.5. The number of hydrogen-bond donors (Lipinski definition) is 1. The van der Waals surface area contributed by atoms with Gasteiger partial charge in [-0.3, -0.25) is 9.25 Å². The lowest BCUT2D eigenvalue weighted by atomic mass is 10.1. The molecule has 36 heavy (non-hydrogen) atoms. The van der Waals surface area contributed by atoms with Gasteiger partial charge in [-0.1, -0.05) is 18.2 Å². The molecule has 0 radical (unpaired) electrons. The van der Waals surface area contributed by atoms with Gasteiger partial charge in [-0.2, -0.15) is 5.10 Å².